The van der Waals surface area contributed by atoms with Crippen LogP contribution in [0.25, 0.3) is 0 Å². The van der Waals surface area contributed by atoms with Crippen molar-refractivity contribution in [2.75, 3.05) is 26.2 Å². The van der Waals surface area contributed by atoms with Gasteiger partial charge in [0.05, 0.1) is 12.6 Å². The van der Waals surface area contributed by atoms with Gasteiger partial charge in [-0.2, -0.15) is 0 Å². The van der Waals surface area contributed by atoms with Gasteiger partial charge >= 0.3 is 0 Å². The highest BCUT2D eigenvalue weighted by Gasteiger charge is 2.15. The first kappa shape index (κ1) is 17.6. The first-order valence-electron chi connectivity index (χ1n) is 8.55. The lowest BCUT2D eigenvalue weighted by molar-refractivity contribution is 0.113. The van der Waals surface area contributed by atoms with E-state index in [0.717, 1.165) is 49.8 Å². The Labute approximate surface area is 139 Å². The molecule has 5 nitrogen and oxygen atoms in total. The molecule has 0 bridgehead atoms. The molecule has 5 heteroatoms. The summed E-state index contributed by atoms with van der Waals surface area (Å²) < 4.78 is 11.6. The summed E-state index contributed by atoms with van der Waals surface area (Å²) in [5, 5.41) is 6.62. The normalized spacial score (nSPS) is 19.4. The van der Waals surface area contributed by atoms with Gasteiger partial charge in [0.1, 0.15) is 11.9 Å². The Morgan fingerprint density at radius 3 is 2.91 bits per heavy atom. The fourth-order valence-corrected chi connectivity index (χ4v) is 2.52. The minimum Gasteiger partial charge on any atom is -0.489 e. The van der Waals surface area contributed by atoms with E-state index >= 15 is 0 Å². The van der Waals surface area contributed by atoms with Crippen molar-refractivity contribution >= 4 is 5.96 Å². The Kier molecular flexibility index (Phi) is 7.20. The van der Waals surface area contributed by atoms with Crippen LogP contribution in [0.3, 0.4) is 0 Å². The van der Waals surface area contributed by atoms with Crippen molar-refractivity contribution in [3.63, 3.8) is 0 Å². The Morgan fingerprint density at radius 2 is 2.22 bits per heavy atom. The zero-order valence-corrected chi connectivity index (χ0v) is 14.5. The molecule has 0 aliphatic carbocycles. The fraction of sp³-hybridized carbons (Fsp3) is 0.611. The lowest BCUT2D eigenvalue weighted by Gasteiger charge is -2.17. The Bertz CT molecular complexity index is 499. The van der Waals surface area contributed by atoms with Gasteiger partial charge in [-0.1, -0.05) is 18.2 Å². The Hall–Kier alpha value is -1.75. The maximum absolute atomic E-state index is 5.96. The maximum atomic E-state index is 5.96. The number of para-hydroxylation sites is 1. The van der Waals surface area contributed by atoms with E-state index < -0.39 is 0 Å². The predicted molar refractivity (Wildman–Crippen MR) is 94.2 cm³/mol. The largest absolute Gasteiger partial charge is 0.489 e. The standard InChI is InChI=1S/C18H29N3O2/c1-4-19-18(21-13-16-9-7-11-22-16)20-12-15(3)23-17-10-6-5-8-14(17)2/h5-6,8,10,15-16H,4,7,9,11-13H2,1-3H3,(H2,19,20,21). The van der Waals surface area contributed by atoms with Crippen molar-refractivity contribution in [3.8, 4) is 5.75 Å². The number of rotatable bonds is 7. The zero-order chi connectivity index (χ0) is 16.5. The van der Waals surface area contributed by atoms with E-state index in [1.165, 1.54) is 0 Å². The SMILES string of the molecule is CCNC(=NCC(C)Oc1ccccc1C)NCC1CCCO1. The first-order valence-corrected chi connectivity index (χ1v) is 8.55. The monoisotopic (exact) mass is 319 g/mol. The number of hydrogen-bond acceptors (Lipinski definition) is 3. The van der Waals surface area contributed by atoms with E-state index in [9.17, 15) is 0 Å². The average molecular weight is 319 g/mol. The fourth-order valence-electron chi connectivity index (χ4n) is 2.52. The highest BCUT2D eigenvalue weighted by Crippen LogP contribution is 2.17. The average Bonchev–Trinajstić information content (AvgIpc) is 3.06. The van der Waals surface area contributed by atoms with Gasteiger partial charge in [-0.05, 0) is 45.2 Å². The summed E-state index contributed by atoms with van der Waals surface area (Å²) in [6.45, 7) is 9.29. The molecule has 2 N–H and O–H groups in total. The van der Waals surface area contributed by atoms with E-state index in [0.29, 0.717) is 12.6 Å². The van der Waals surface area contributed by atoms with Gasteiger partial charge in [0.25, 0.3) is 0 Å². The molecule has 1 saturated heterocycles. The topological polar surface area (TPSA) is 54.9 Å². The van der Waals surface area contributed by atoms with Crippen LogP contribution in [0.15, 0.2) is 29.3 Å². The predicted octanol–water partition coefficient (Wildman–Crippen LogP) is 2.50. The van der Waals surface area contributed by atoms with Gasteiger partial charge in [-0.15, -0.1) is 0 Å². The second kappa shape index (κ2) is 9.40. The summed E-state index contributed by atoms with van der Waals surface area (Å²) in [6.07, 6.45) is 2.61. The molecule has 1 fully saturated rings. The molecule has 1 aromatic carbocycles. The molecule has 2 atom stereocenters. The lowest BCUT2D eigenvalue weighted by Crippen LogP contribution is -2.41. The smallest absolute Gasteiger partial charge is 0.191 e. The molecular formula is C18H29N3O2. The van der Waals surface area contributed by atoms with Crippen LogP contribution < -0.4 is 15.4 Å². The van der Waals surface area contributed by atoms with Gasteiger partial charge in [0.2, 0.25) is 0 Å². The number of nitrogens with one attached hydrogen (secondary N) is 2. The van der Waals surface area contributed by atoms with Crippen LogP contribution in [0.5, 0.6) is 5.75 Å². The third-order valence-electron chi connectivity index (χ3n) is 3.79. The van der Waals surface area contributed by atoms with Crippen LogP contribution in [0.1, 0.15) is 32.3 Å². The minimum absolute atomic E-state index is 0.0225. The molecule has 128 valence electrons. The minimum atomic E-state index is 0.0225. The highest BCUT2D eigenvalue weighted by atomic mass is 16.5. The summed E-state index contributed by atoms with van der Waals surface area (Å²) in [4.78, 5) is 4.61. The summed E-state index contributed by atoms with van der Waals surface area (Å²) >= 11 is 0. The van der Waals surface area contributed by atoms with Gasteiger partial charge in [-0.3, -0.25) is 0 Å². The van der Waals surface area contributed by atoms with Crippen molar-refractivity contribution < 1.29 is 9.47 Å². The molecule has 2 unspecified atom stereocenters. The molecule has 1 aliphatic heterocycles. The van der Waals surface area contributed by atoms with Crippen molar-refractivity contribution in [3.05, 3.63) is 29.8 Å². The van der Waals surface area contributed by atoms with Crippen molar-refractivity contribution in [2.45, 2.75) is 45.8 Å². The number of aliphatic imine (C=N–C) groups is 1. The molecule has 1 heterocycles. The van der Waals surface area contributed by atoms with Crippen LogP contribution in [-0.4, -0.2) is 44.4 Å². The van der Waals surface area contributed by atoms with Crippen LogP contribution >= 0.6 is 0 Å². The molecule has 23 heavy (non-hydrogen) atoms. The van der Waals surface area contributed by atoms with Crippen LogP contribution in [0.2, 0.25) is 0 Å². The van der Waals surface area contributed by atoms with Gasteiger partial charge < -0.3 is 20.1 Å². The molecule has 0 spiro atoms. The Morgan fingerprint density at radius 1 is 1.39 bits per heavy atom. The molecule has 0 radical (unpaired) electrons. The first-order chi connectivity index (χ1) is 11.2. The lowest BCUT2D eigenvalue weighted by atomic mass is 10.2. The summed E-state index contributed by atoms with van der Waals surface area (Å²) in [5.41, 5.74) is 1.15. The molecule has 0 aromatic heterocycles. The van der Waals surface area contributed by atoms with E-state index in [1.54, 1.807) is 0 Å². The van der Waals surface area contributed by atoms with Gasteiger partial charge in [-0.25, -0.2) is 4.99 Å². The second-order valence-corrected chi connectivity index (χ2v) is 5.93. The van der Waals surface area contributed by atoms with Gasteiger partial charge in [0, 0.05) is 19.7 Å². The summed E-state index contributed by atoms with van der Waals surface area (Å²) in [5.74, 6) is 1.75. The number of ether oxygens (including phenoxy) is 2. The highest BCUT2D eigenvalue weighted by molar-refractivity contribution is 5.79. The van der Waals surface area contributed by atoms with Crippen molar-refractivity contribution in [1.29, 1.82) is 0 Å². The molecule has 1 aliphatic rings. The maximum Gasteiger partial charge on any atom is 0.191 e. The molecule has 0 amide bonds. The van der Waals surface area contributed by atoms with Crippen molar-refractivity contribution in [1.82, 2.24) is 10.6 Å². The quantitative estimate of drug-likeness (QED) is 0.599. The Balaban J connectivity index is 1.82. The number of benzene rings is 1. The zero-order valence-electron chi connectivity index (χ0n) is 14.5. The van der Waals surface area contributed by atoms with E-state index in [-0.39, 0.29) is 6.10 Å². The number of hydrogen-bond donors (Lipinski definition) is 2. The van der Waals surface area contributed by atoms with E-state index in [4.69, 9.17) is 9.47 Å². The second-order valence-electron chi connectivity index (χ2n) is 5.93. The van der Waals surface area contributed by atoms with Crippen molar-refractivity contribution in [2.24, 2.45) is 4.99 Å². The van der Waals surface area contributed by atoms with Crippen LogP contribution in [0.4, 0.5) is 0 Å². The third-order valence-corrected chi connectivity index (χ3v) is 3.79. The third kappa shape index (κ3) is 6.10. The molecule has 1 aromatic rings. The summed E-state index contributed by atoms with van der Waals surface area (Å²) in [7, 11) is 0. The number of nitrogens with zero attached hydrogens (tertiary/aromatic N) is 1. The number of guanidine groups is 1. The molecule has 0 saturated carbocycles. The van der Waals surface area contributed by atoms with Gasteiger partial charge in [0.15, 0.2) is 5.96 Å². The van der Waals surface area contributed by atoms with Crippen LogP contribution in [-0.2, 0) is 4.74 Å². The van der Waals surface area contributed by atoms with E-state index in [1.807, 2.05) is 25.1 Å². The van der Waals surface area contributed by atoms with E-state index in [2.05, 4.69) is 35.5 Å². The number of aryl methyl sites for hydroxylation is 1. The van der Waals surface area contributed by atoms with Crippen LogP contribution in [0, 0.1) is 6.92 Å². The molecular weight excluding hydrogens is 290 g/mol. The molecule has 2 rings (SSSR count). The summed E-state index contributed by atoms with van der Waals surface area (Å²) in [6, 6.07) is 8.06.